The number of carbonyl (C=O) groups is 1. The van der Waals surface area contributed by atoms with Crippen molar-refractivity contribution in [3.8, 4) is 11.1 Å². The lowest BCUT2D eigenvalue weighted by Gasteiger charge is -2.37. The zero-order valence-electron chi connectivity index (χ0n) is 19.4. The second kappa shape index (κ2) is 8.35. The molecule has 1 amide bonds. The SMILES string of the molecule is Nc1ncnn2c(C3(O)CCCN(C(=O)O)C3)cc(-c3ccc4cn(Cc5ccccc5)nc4c3)c12. The summed E-state index contributed by atoms with van der Waals surface area (Å²) in [6, 6.07) is 18.0. The number of aromatic nitrogens is 5. The molecule has 1 atom stereocenters. The van der Waals surface area contributed by atoms with Gasteiger partial charge >= 0.3 is 6.09 Å². The Hall–Kier alpha value is -4.44. The molecule has 0 radical (unpaired) electrons. The molecule has 0 aliphatic carbocycles. The van der Waals surface area contributed by atoms with Gasteiger partial charge in [-0.2, -0.15) is 10.2 Å². The molecule has 4 N–H and O–H groups in total. The Labute approximate surface area is 206 Å². The number of piperidine rings is 1. The molecule has 0 spiro atoms. The highest BCUT2D eigenvalue weighted by Crippen LogP contribution is 2.39. The van der Waals surface area contributed by atoms with Gasteiger partial charge in [0.15, 0.2) is 5.82 Å². The normalized spacial score (nSPS) is 18.2. The molecule has 6 rings (SSSR count). The van der Waals surface area contributed by atoms with Crippen LogP contribution in [0.4, 0.5) is 10.6 Å². The number of nitrogen functional groups attached to an aromatic ring is 1. The molecule has 4 heterocycles. The fourth-order valence-electron chi connectivity index (χ4n) is 5.11. The Morgan fingerprint density at radius 3 is 2.78 bits per heavy atom. The summed E-state index contributed by atoms with van der Waals surface area (Å²) in [6.45, 7) is 1.01. The Bertz CT molecular complexity index is 1590. The number of carboxylic acid groups (broad SMARTS) is 1. The quantitative estimate of drug-likeness (QED) is 0.357. The predicted molar refractivity (Wildman–Crippen MR) is 134 cm³/mol. The largest absolute Gasteiger partial charge is 0.465 e. The highest BCUT2D eigenvalue weighted by atomic mass is 16.4. The Kier molecular flexibility index (Phi) is 5.11. The Balaban J connectivity index is 1.44. The van der Waals surface area contributed by atoms with Crippen molar-refractivity contribution in [3.63, 3.8) is 0 Å². The number of amides is 1. The monoisotopic (exact) mass is 483 g/mol. The summed E-state index contributed by atoms with van der Waals surface area (Å²) >= 11 is 0. The molecule has 2 aromatic carbocycles. The standard InChI is InChI=1S/C26H25N7O3/c27-24-23-20(12-22(33(23)29-16-28-24)26(36)9-4-10-31(15-26)25(34)35)18-7-8-19-14-32(30-21(19)11-18)13-17-5-2-1-3-6-17/h1-3,5-8,11-12,14,16,36H,4,9-10,13,15H2,(H,34,35)(H2,27,28,29). The lowest BCUT2D eigenvalue weighted by atomic mass is 9.89. The molecule has 182 valence electrons. The number of β-amino-alcohol motifs (C(OH)–C–C–N with tert-alkyl or cyclic N) is 1. The van der Waals surface area contributed by atoms with Crippen LogP contribution in [0.1, 0.15) is 24.1 Å². The molecule has 10 nitrogen and oxygen atoms in total. The van der Waals surface area contributed by atoms with Gasteiger partial charge in [0.05, 0.1) is 24.3 Å². The third kappa shape index (κ3) is 3.72. The van der Waals surface area contributed by atoms with Crippen molar-refractivity contribution in [2.24, 2.45) is 0 Å². The van der Waals surface area contributed by atoms with E-state index in [0.717, 1.165) is 27.6 Å². The van der Waals surface area contributed by atoms with E-state index in [1.54, 1.807) is 4.52 Å². The number of nitrogens with zero attached hydrogens (tertiary/aromatic N) is 6. The summed E-state index contributed by atoms with van der Waals surface area (Å²) in [7, 11) is 0. The Morgan fingerprint density at radius 2 is 1.97 bits per heavy atom. The van der Waals surface area contributed by atoms with Gasteiger partial charge in [0.2, 0.25) is 0 Å². The van der Waals surface area contributed by atoms with Crippen LogP contribution in [0.2, 0.25) is 0 Å². The highest BCUT2D eigenvalue weighted by molar-refractivity contribution is 5.92. The zero-order chi connectivity index (χ0) is 24.9. The minimum Gasteiger partial charge on any atom is -0.465 e. The summed E-state index contributed by atoms with van der Waals surface area (Å²) in [4.78, 5) is 17.0. The van der Waals surface area contributed by atoms with E-state index in [4.69, 9.17) is 10.8 Å². The number of nitrogens with two attached hydrogens (primary N) is 1. The molecule has 1 fully saturated rings. The first-order chi connectivity index (χ1) is 17.4. The average Bonchev–Trinajstić information content (AvgIpc) is 3.46. The van der Waals surface area contributed by atoms with Crippen LogP contribution in [0.5, 0.6) is 0 Å². The molecule has 36 heavy (non-hydrogen) atoms. The topological polar surface area (TPSA) is 135 Å². The Morgan fingerprint density at radius 1 is 1.14 bits per heavy atom. The molecule has 10 heteroatoms. The molecule has 5 aromatic rings. The number of benzene rings is 2. The van der Waals surface area contributed by atoms with Crippen molar-refractivity contribution in [1.82, 2.24) is 29.3 Å². The van der Waals surface area contributed by atoms with Gasteiger partial charge in [-0.3, -0.25) is 4.68 Å². The molecular weight excluding hydrogens is 458 g/mol. The van der Waals surface area contributed by atoms with Gasteiger partial charge in [0.1, 0.15) is 17.4 Å². The highest BCUT2D eigenvalue weighted by Gasteiger charge is 2.40. The smallest absolute Gasteiger partial charge is 0.407 e. The molecule has 3 aromatic heterocycles. The fourth-order valence-corrected chi connectivity index (χ4v) is 5.11. The van der Waals surface area contributed by atoms with E-state index in [2.05, 4.69) is 22.2 Å². The number of hydrogen-bond donors (Lipinski definition) is 3. The van der Waals surface area contributed by atoms with Gasteiger partial charge in [-0.15, -0.1) is 0 Å². The van der Waals surface area contributed by atoms with E-state index in [1.165, 1.54) is 11.2 Å². The van der Waals surface area contributed by atoms with Crippen molar-refractivity contribution < 1.29 is 15.0 Å². The van der Waals surface area contributed by atoms with Crippen LogP contribution >= 0.6 is 0 Å². The van der Waals surface area contributed by atoms with Crippen LogP contribution in [-0.4, -0.2) is 58.7 Å². The summed E-state index contributed by atoms with van der Waals surface area (Å²) in [5.74, 6) is 0.274. The maximum atomic E-state index is 11.6. The van der Waals surface area contributed by atoms with Crippen LogP contribution in [0, 0.1) is 0 Å². The number of anilines is 1. The molecule has 1 unspecified atom stereocenters. The first-order valence-corrected chi connectivity index (χ1v) is 11.8. The maximum Gasteiger partial charge on any atom is 0.407 e. The lowest BCUT2D eigenvalue weighted by Crippen LogP contribution is -2.48. The van der Waals surface area contributed by atoms with E-state index < -0.39 is 11.7 Å². The molecule has 0 saturated carbocycles. The van der Waals surface area contributed by atoms with Crippen molar-refractivity contribution in [1.29, 1.82) is 0 Å². The van der Waals surface area contributed by atoms with Gasteiger partial charge in [0.25, 0.3) is 0 Å². The molecular formula is C26H25N7O3. The van der Waals surface area contributed by atoms with Crippen molar-refractivity contribution >= 4 is 28.3 Å². The van der Waals surface area contributed by atoms with Gasteiger partial charge in [-0.05, 0) is 36.1 Å². The van der Waals surface area contributed by atoms with E-state index in [-0.39, 0.29) is 12.4 Å². The summed E-state index contributed by atoms with van der Waals surface area (Å²) in [6.07, 6.45) is 3.25. The number of likely N-dealkylation sites (tertiary alicyclic amines) is 1. The van der Waals surface area contributed by atoms with Gasteiger partial charge < -0.3 is 20.8 Å². The van der Waals surface area contributed by atoms with E-state index in [1.807, 2.05) is 53.3 Å². The molecule has 1 aliphatic heterocycles. The minimum atomic E-state index is -1.40. The summed E-state index contributed by atoms with van der Waals surface area (Å²) in [5.41, 5.74) is 9.53. The zero-order valence-corrected chi connectivity index (χ0v) is 19.4. The summed E-state index contributed by atoms with van der Waals surface area (Å²) < 4.78 is 3.50. The second-order valence-electron chi connectivity index (χ2n) is 9.27. The van der Waals surface area contributed by atoms with Crippen molar-refractivity contribution in [2.45, 2.75) is 25.0 Å². The van der Waals surface area contributed by atoms with Gasteiger partial charge in [-0.25, -0.2) is 14.3 Å². The van der Waals surface area contributed by atoms with Crippen molar-refractivity contribution in [3.05, 3.63) is 78.4 Å². The van der Waals surface area contributed by atoms with E-state index in [9.17, 15) is 15.0 Å². The summed E-state index contributed by atoms with van der Waals surface area (Å²) in [5, 5.41) is 31.2. The van der Waals surface area contributed by atoms with Gasteiger partial charge in [-0.1, -0.05) is 42.5 Å². The first kappa shape index (κ1) is 22.1. The average molecular weight is 484 g/mol. The van der Waals surface area contributed by atoms with Crippen molar-refractivity contribution in [2.75, 3.05) is 18.8 Å². The number of hydrogen-bond acceptors (Lipinski definition) is 6. The van der Waals surface area contributed by atoms with E-state index >= 15 is 0 Å². The van der Waals surface area contributed by atoms with Gasteiger partial charge in [0, 0.05) is 23.7 Å². The van der Waals surface area contributed by atoms with Crippen LogP contribution in [0.25, 0.3) is 27.5 Å². The van der Waals surface area contributed by atoms with Crippen LogP contribution < -0.4 is 5.73 Å². The number of aliphatic hydroxyl groups is 1. The van der Waals surface area contributed by atoms with Crippen LogP contribution in [0.15, 0.2) is 67.1 Å². The van der Waals surface area contributed by atoms with Crippen LogP contribution in [0.3, 0.4) is 0 Å². The number of fused-ring (bicyclic) bond motifs is 2. The third-order valence-corrected chi connectivity index (χ3v) is 6.85. The van der Waals surface area contributed by atoms with Crippen LogP contribution in [-0.2, 0) is 12.1 Å². The fraction of sp³-hybridized carbons (Fsp3) is 0.231. The minimum absolute atomic E-state index is 0.0410. The first-order valence-electron chi connectivity index (χ1n) is 11.8. The molecule has 0 bridgehead atoms. The second-order valence-corrected chi connectivity index (χ2v) is 9.27. The van der Waals surface area contributed by atoms with E-state index in [0.29, 0.717) is 37.1 Å². The third-order valence-electron chi connectivity index (χ3n) is 6.85. The number of rotatable bonds is 4. The predicted octanol–water partition coefficient (Wildman–Crippen LogP) is 3.34. The molecule has 1 aliphatic rings. The molecule has 1 saturated heterocycles. The lowest BCUT2D eigenvalue weighted by molar-refractivity contribution is -0.0339. The maximum absolute atomic E-state index is 11.6.